The largest absolute Gasteiger partial charge is 0.416 e. The van der Waals surface area contributed by atoms with E-state index in [1.807, 2.05) is 0 Å². The van der Waals surface area contributed by atoms with Crippen molar-refractivity contribution in [1.29, 1.82) is 0 Å². The lowest BCUT2D eigenvalue weighted by Crippen LogP contribution is -2.04. The Balaban J connectivity index is 2.70. The van der Waals surface area contributed by atoms with Crippen molar-refractivity contribution < 1.29 is 13.2 Å². The van der Waals surface area contributed by atoms with Crippen molar-refractivity contribution in [1.82, 2.24) is 4.98 Å². The minimum atomic E-state index is -4.32. The van der Waals surface area contributed by atoms with E-state index in [4.69, 9.17) is 0 Å². The van der Waals surface area contributed by atoms with Gasteiger partial charge in [0.15, 0.2) is 0 Å². The monoisotopic (exact) mass is 275 g/mol. The van der Waals surface area contributed by atoms with Gasteiger partial charge in [-0.25, -0.2) is 0 Å². The number of nitrogens with zero attached hydrogens (tertiary/aromatic N) is 1. The first-order valence-corrected chi connectivity index (χ1v) is 4.89. The van der Waals surface area contributed by atoms with Gasteiger partial charge in [-0.2, -0.15) is 13.2 Å². The maximum Gasteiger partial charge on any atom is 0.416 e. The van der Waals surface area contributed by atoms with Crippen LogP contribution in [0.15, 0.2) is 34.9 Å². The third kappa shape index (κ3) is 1.97. The van der Waals surface area contributed by atoms with Crippen LogP contribution in [0.2, 0.25) is 0 Å². The molecule has 0 fully saturated rings. The van der Waals surface area contributed by atoms with E-state index in [0.717, 1.165) is 12.1 Å². The van der Waals surface area contributed by atoms with Gasteiger partial charge in [-0.05, 0) is 24.3 Å². The number of pyridine rings is 1. The summed E-state index contributed by atoms with van der Waals surface area (Å²) in [6.45, 7) is 0. The van der Waals surface area contributed by atoms with E-state index in [1.165, 1.54) is 6.07 Å². The molecular formula is C10H5BrF3N. The molecule has 1 nitrogen and oxygen atoms in total. The highest BCUT2D eigenvalue weighted by Crippen LogP contribution is 2.32. The molecule has 0 saturated heterocycles. The molecule has 2 rings (SSSR count). The topological polar surface area (TPSA) is 12.9 Å². The first kappa shape index (κ1) is 10.4. The Morgan fingerprint density at radius 2 is 1.87 bits per heavy atom. The number of hydrogen-bond acceptors (Lipinski definition) is 1. The predicted molar refractivity (Wildman–Crippen MR) is 54.4 cm³/mol. The third-order valence-electron chi connectivity index (χ3n) is 2.02. The Morgan fingerprint density at radius 3 is 2.53 bits per heavy atom. The van der Waals surface area contributed by atoms with Crippen LogP contribution >= 0.6 is 15.9 Å². The van der Waals surface area contributed by atoms with E-state index < -0.39 is 11.7 Å². The van der Waals surface area contributed by atoms with Crippen LogP contribution in [0.1, 0.15) is 5.56 Å². The number of fused-ring (bicyclic) bond motifs is 1. The molecule has 78 valence electrons. The van der Waals surface area contributed by atoms with Crippen LogP contribution in [-0.4, -0.2) is 4.98 Å². The average Bonchev–Trinajstić information content (AvgIpc) is 2.16. The van der Waals surface area contributed by atoms with Crippen molar-refractivity contribution >= 4 is 26.8 Å². The predicted octanol–water partition coefficient (Wildman–Crippen LogP) is 4.02. The Kier molecular flexibility index (Phi) is 2.42. The Labute approximate surface area is 92.1 Å². The van der Waals surface area contributed by atoms with Crippen LogP contribution in [-0.2, 0) is 6.18 Å². The summed E-state index contributed by atoms with van der Waals surface area (Å²) in [6, 6.07) is 5.10. The summed E-state index contributed by atoms with van der Waals surface area (Å²) in [5, 5.41) is 0.465. The molecule has 1 heterocycles. The minimum Gasteiger partial charge on any atom is -0.256 e. The molecule has 0 radical (unpaired) electrons. The lowest BCUT2D eigenvalue weighted by Gasteiger charge is -2.07. The summed E-state index contributed by atoms with van der Waals surface area (Å²) >= 11 is 3.19. The first-order chi connectivity index (χ1) is 6.98. The number of hydrogen-bond donors (Lipinski definition) is 0. The van der Waals surface area contributed by atoms with Crippen LogP contribution in [0, 0.1) is 0 Å². The highest BCUT2D eigenvalue weighted by Gasteiger charge is 2.30. The second-order valence-electron chi connectivity index (χ2n) is 3.02. The summed E-state index contributed by atoms with van der Waals surface area (Å²) < 4.78 is 37.8. The zero-order valence-corrected chi connectivity index (χ0v) is 8.93. The van der Waals surface area contributed by atoms with Crippen LogP contribution in [0.5, 0.6) is 0 Å². The van der Waals surface area contributed by atoms with Crippen LogP contribution in [0.3, 0.4) is 0 Å². The fourth-order valence-electron chi connectivity index (χ4n) is 1.29. The standard InChI is InChI=1S/C10H5BrF3N/c11-8-3-4-15-9-2-1-6(5-7(8)9)10(12,13)14/h1-5H. The van der Waals surface area contributed by atoms with Gasteiger partial charge in [0.05, 0.1) is 11.1 Å². The van der Waals surface area contributed by atoms with E-state index in [0.29, 0.717) is 15.4 Å². The molecule has 5 heteroatoms. The van der Waals surface area contributed by atoms with E-state index >= 15 is 0 Å². The van der Waals surface area contributed by atoms with Crippen molar-refractivity contribution in [3.05, 3.63) is 40.5 Å². The molecule has 0 bridgehead atoms. The van der Waals surface area contributed by atoms with E-state index in [1.54, 1.807) is 12.3 Å². The summed E-state index contributed by atoms with van der Waals surface area (Å²) in [4.78, 5) is 3.97. The highest BCUT2D eigenvalue weighted by molar-refractivity contribution is 9.10. The van der Waals surface area contributed by atoms with Gasteiger partial charge in [-0.3, -0.25) is 4.98 Å². The molecule has 0 aliphatic heterocycles. The molecule has 1 aromatic carbocycles. The van der Waals surface area contributed by atoms with Gasteiger partial charge in [-0.15, -0.1) is 0 Å². The van der Waals surface area contributed by atoms with Gasteiger partial charge in [0.1, 0.15) is 0 Å². The van der Waals surface area contributed by atoms with Gasteiger partial charge < -0.3 is 0 Å². The molecule has 2 aromatic rings. The second kappa shape index (κ2) is 3.48. The molecule has 0 spiro atoms. The zero-order valence-electron chi connectivity index (χ0n) is 7.35. The summed E-state index contributed by atoms with van der Waals surface area (Å²) in [5.41, 5.74) is -0.124. The van der Waals surface area contributed by atoms with Crippen molar-refractivity contribution in [2.45, 2.75) is 6.18 Å². The van der Waals surface area contributed by atoms with Crippen LogP contribution in [0.4, 0.5) is 13.2 Å². The van der Waals surface area contributed by atoms with E-state index in [-0.39, 0.29) is 0 Å². The van der Waals surface area contributed by atoms with Crippen LogP contribution < -0.4 is 0 Å². The SMILES string of the molecule is FC(F)(F)c1ccc2nccc(Br)c2c1. The fraction of sp³-hybridized carbons (Fsp3) is 0.100. The lowest BCUT2D eigenvalue weighted by molar-refractivity contribution is -0.137. The van der Waals surface area contributed by atoms with Gasteiger partial charge in [0, 0.05) is 16.1 Å². The number of benzene rings is 1. The number of halogens is 4. The molecule has 0 aliphatic carbocycles. The molecular weight excluding hydrogens is 271 g/mol. The quantitative estimate of drug-likeness (QED) is 0.708. The minimum absolute atomic E-state index is 0.465. The van der Waals surface area contributed by atoms with Crippen LogP contribution in [0.25, 0.3) is 10.9 Å². The van der Waals surface area contributed by atoms with Crippen molar-refractivity contribution in [3.63, 3.8) is 0 Å². The maximum absolute atomic E-state index is 12.4. The molecule has 0 N–H and O–H groups in total. The number of alkyl halides is 3. The molecule has 0 atom stereocenters. The van der Waals surface area contributed by atoms with Gasteiger partial charge >= 0.3 is 6.18 Å². The number of aromatic nitrogens is 1. The van der Waals surface area contributed by atoms with Crippen molar-refractivity contribution in [3.8, 4) is 0 Å². The lowest BCUT2D eigenvalue weighted by atomic mass is 10.1. The molecule has 15 heavy (non-hydrogen) atoms. The zero-order chi connectivity index (χ0) is 11.1. The molecule has 0 saturated carbocycles. The summed E-state index contributed by atoms with van der Waals surface area (Å²) in [7, 11) is 0. The summed E-state index contributed by atoms with van der Waals surface area (Å²) in [6.07, 6.45) is -2.77. The average molecular weight is 276 g/mol. The Morgan fingerprint density at radius 1 is 1.13 bits per heavy atom. The fourth-order valence-corrected chi connectivity index (χ4v) is 1.72. The molecule has 0 aliphatic rings. The third-order valence-corrected chi connectivity index (χ3v) is 2.71. The number of rotatable bonds is 0. The first-order valence-electron chi connectivity index (χ1n) is 4.10. The Hall–Kier alpha value is -1.10. The van der Waals surface area contributed by atoms with Gasteiger partial charge in [0.2, 0.25) is 0 Å². The second-order valence-corrected chi connectivity index (χ2v) is 3.88. The van der Waals surface area contributed by atoms with E-state index in [9.17, 15) is 13.2 Å². The smallest absolute Gasteiger partial charge is 0.256 e. The summed E-state index contributed by atoms with van der Waals surface area (Å²) in [5.74, 6) is 0. The van der Waals surface area contributed by atoms with Crippen molar-refractivity contribution in [2.75, 3.05) is 0 Å². The van der Waals surface area contributed by atoms with E-state index in [2.05, 4.69) is 20.9 Å². The van der Waals surface area contributed by atoms with Crippen molar-refractivity contribution in [2.24, 2.45) is 0 Å². The maximum atomic E-state index is 12.4. The molecule has 0 unspecified atom stereocenters. The molecule has 0 amide bonds. The Bertz CT molecular complexity index is 507. The molecule has 1 aromatic heterocycles. The normalized spacial score (nSPS) is 12.0. The van der Waals surface area contributed by atoms with Gasteiger partial charge in [0.25, 0.3) is 0 Å². The van der Waals surface area contributed by atoms with Gasteiger partial charge in [-0.1, -0.05) is 15.9 Å². The highest BCUT2D eigenvalue weighted by atomic mass is 79.9.